The number of aromatic nitrogens is 3. The van der Waals surface area contributed by atoms with Crippen molar-refractivity contribution in [1.82, 2.24) is 14.1 Å². The van der Waals surface area contributed by atoms with Crippen molar-refractivity contribution in [2.24, 2.45) is 5.73 Å². The molecule has 0 bridgehead atoms. The fourth-order valence-electron chi connectivity index (χ4n) is 1.61. The highest BCUT2D eigenvalue weighted by atomic mass is 15.1. The number of nitrogens with zero attached hydrogens (tertiary/aromatic N) is 3. The first-order valence-electron chi connectivity index (χ1n) is 5.12. The monoisotopic (exact) mass is 204 g/mol. The number of hydrogen-bond donors (Lipinski definition) is 1. The lowest BCUT2D eigenvalue weighted by molar-refractivity contribution is 0.569. The average molecular weight is 204 g/mol. The Balaban J connectivity index is 1.96. The van der Waals surface area contributed by atoms with Crippen LogP contribution in [-0.4, -0.2) is 14.1 Å². The Bertz CT molecular complexity index is 427. The zero-order valence-electron chi connectivity index (χ0n) is 8.93. The minimum Gasteiger partial charge on any atom is -0.352 e. The van der Waals surface area contributed by atoms with E-state index in [1.807, 2.05) is 19.3 Å². The van der Waals surface area contributed by atoms with E-state index >= 15 is 0 Å². The molecule has 0 saturated carbocycles. The molecule has 2 heterocycles. The Morgan fingerprint density at radius 3 is 2.80 bits per heavy atom. The van der Waals surface area contributed by atoms with Crippen LogP contribution in [0.25, 0.3) is 0 Å². The summed E-state index contributed by atoms with van der Waals surface area (Å²) in [4.78, 5) is 4.18. The maximum atomic E-state index is 5.55. The predicted octanol–water partition coefficient (Wildman–Crippen LogP) is 1.15. The van der Waals surface area contributed by atoms with Gasteiger partial charge in [0.15, 0.2) is 0 Å². The van der Waals surface area contributed by atoms with Crippen molar-refractivity contribution in [1.29, 1.82) is 0 Å². The van der Waals surface area contributed by atoms with E-state index in [2.05, 4.69) is 32.6 Å². The lowest BCUT2D eigenvalue weighted by atomic mass is 10.3. The summed E-state index contributed by atoms with van der Waals surface area (Å²) < 4.78 is 4.30. The highest BCUT2D eigenvalue weighted by molar-refractivity contribution is 5.09. The van der Waals surface area contributed by atoms with E-state index < -0.39 is 0 Å². The summed E-state index contributed by atoms with van der Waals surface area (Å²) in [7, 11) is 0. The van der Waals surface area contributed by atoms with Gasteiger partial charge in [0.25, 0.3) is 0 Å². The van der Waals surface area contributed by atoms with E-state index in [1.54, 1.807) is 0 Å². The summed E-state index contributed by atoms with van der Waals surface area (Å²) in [6.07, 6.45) is 7.99. The van der Waals surface area contributed by atoms with Gasteiger partial charge >= 0.3 is 0 Å². The third-order valence-corrected chi connectivity index (χ3v) is 2.57. The number of nitrogens with two attached hydrogens (primary N) is 1. The van der Waals surface area contributed by atoms with Crippen LogP contribution in [0.3, 0.4) is 0 Å². The Hall–Kier alpha value is -1.55. The highest BCUT2D eigenvalue weighted by Crippen LogP contribution is 2.02. The van der Waals surface area contributed by atoms with E-state index in [0.717, 1.165) is 18.9 Å². The van der Waals surface area contributed by atoms with Crippen LogP contribution in [0.4, 0.5) is 0 Å². The molecule has 2 aromatic rings. The number of aryl methyl sites for hydroxylation is 3. The van der Waals surface area contributed by atoms with Gasteiger partial charge < -0.3 is 14.9 Å². The first-order valence-corrected chi connectivity index (χ1v) is 5.12. The lowest BCUT2D eigenvalue weighted by Gasteiger charge is -2.05. The molecule has 80 valence electrons. The Kier molecular flexibility index (Phi) is 2.87. The molecule has 0 atom stereocenters. The molecule has 0 aliphatic carbocycles. The molecular weight excluding hydrogens is 188 g/mol. The summed E-state index contributed by atoms with van der Waals surface area (Å²) in [6, 6.07) is 2.06. The molecule has 0 aliphatic rings. The zero-order valence-corrected chi connectivity index (χ0v) is 8.93. The molecule has 0 fully saturated rings. The van der Waals surface area contributed by atoms with E-state index in [0.29, 0.717) is 6.54 Å². The first-order chi connectivity index (χ1) is 7.29. The van der Waals surface area contributed by atoms with E-state index in [1.165, 1.54) is 5.56 Å². The second-order valence-electron chi connectivity index (χ2n) is 3.63. The number of hydrogen-bond acceptors (Lipinski definition) is 2. The van der Waals surface area contributed by atoms with Crippen LogP contribution in [0.2, 0.25) is 0 Å². The van der Waals surface area contributed by atoms with Crippen LogP contribution < -0.4 is 5.73 Å². The highest BCUT2D eigenvalue weighted by Gasteiger charge is 1.98. The summed E-state index contributed by atoms with van der Waals surface area (Å²) in [5.41, 5.74) is 6.73. The Labute approximate surface area is 89.3 Å². The van der Waals surface area contributed by atoms with Crippen molar-refractivity contribution >= 4 is 0 Å². The quantitative estimate of drug-likeness (QED) is 0.812. The topological polar surface area (TPSA) is 48.8 Å². The van der Waals surface area contributed by atoms with Crippen LogP contribution in [-0.2, 0) is 19.6 Å². The van der Waals surface area contributed by atoms with Crippen LogP contribution >= 0.6 is 0 Å². The third kappa shape index (κ3) is 2.27. The summed E-state index contributed by atoms with van der Waals surface area (Å²) in [6.45, 7) is 4.53. The third-order valence-electron chi connectivity index (χ3n) is 2.57. The van der Waals surface area contributed by atoms with Crippen molar-refractivity contribution in [3.63, 3.8) is 0 Å². The minimum atomic E-state index is 0.608. The molecule has 4 heteroatoms. The lowest BCUT2D eigenvalue weighted by Crippen LogP contribution is -2.06. The van der Waals surface area contributed by atoms with Gasteiger partial charge in [-0.15, -0.1) is 0 Å². The maximum Gasteiger partial charge on any atom is 0.105 e. The standard InChI is InChI=1S/C11H16N4/c1-10-13-3-5-15(10)7-6-14-4-2-11(8-12)9-14/h2-5,9H,6-8,12H2,1H3. The molecule has 0 unspecified atom stereocenters. The smallest absolute Gasteiger partial charge is 0.105 e. The second kappa shape index (κ2) is 4.31. The van der Waals surface area contributed by atoms with Crippen molar-refractivity contribution in [3.05, 3.63) is 42.2 Å². The van der Waals surface area contributed by atoms with Crippen molar-refractivity contribution in [2.45, 2.75) is 26.6 Å². The largest absolute Gasteiger partial charge is 0.352 e. The Morgan fingerprint density at radius 2 is 2.20 bits per heavy atom. The van der Waals surface area contributed by atoms with Crippen LogP contribution in [0.15, 0.2) is 30.9 Å². The molecule has 2 N–H and O–H groups in total. The molecule has 0 amide bonds. The number of imidazole rings is 1. The molecule has 15 heavy (non-hydrogen) atoms. The van der Waals surface area contributed by atoms with E-state index in [9.17, 15) is 0 Å². The maximum absolute atomic E-state index is 5.55. The molecule has 0 aromatic carbocycles. The second-order valence-corrected chi connectivity index (χ2v) is 3.63. The summed E-state index contributed by atoms with van der Waals surface area (Å²) in [5.74, 6) is 1.06. The van der Waals surface area contributed by atoms with Crippen molar-refractivity contribution in [2.75, 3.05) is 0 Å². The van der Waals surface area contributed by atoms with Gasteiger partial charge in [-0.3, -0.25) is 0 Å². The predicted molar refractivity (Wildman–Crippen MR) is 59.3 cm³/mol. The molecule has 2 rings (SSSR count). The van der Waals surface area contributed by atoms with Crippen molar-refractivity contribution in [3.8, 4) is 0 Å². The molecular formula is C11H16N4. The number of rotatable bonds is 4. The molecule has 0 aliphatic heterocycles. The molecule has 0 radical (unpaired) electrons. The van der Waals surface area contributed by atoms with Crippen LogP contribution in [0.1, 0.15) is 11.4 Å². The van der Waals surface area contributed by atoms with Gasteiger partial charge in [0, 0.05) is 44.4 Å². The zero-order chi connectivity index (χ0) is 10.7. The molecule has 0 spiro atoms. The molecule has 0 saturated heterocycles. The van der Waals surface area contributed by atoms with Gasteiger partial charge in [-0.25, -0.2) is 4.98 Å². The minimum absolute atomic E-state index is 0.608. The first kappa shape index (κ1) is 9.98. The summed E-state index contributed by atoms with van der Waals surface area (Å²) in [5, 5.41) is 0. The molecule has 2 aromatic heterocycles. The SMILES string of the molecule is Cc1nccn1CCn1ccc(CN)c1. The fraction of sp³-hybridized carbons (Fsp3) is 0.364. The van der Waals surface area contributed by atoms with Gasteiger partial charge in [0.1, 0.15) is 5.82 Å². The van der Waals surface area contributed by atoms with Crippen LogP contribution in [0, 0.1) is 6.92 Å². The van der Waals surface area contributed by atoms with Gasteiger partial charge in [0.05, 0.1) is 0 Å². The van der Waals surface area contributed by atoms with Crippen molar-refractivity contribution < 1.29 is 0 Å². The van der Waals surface area contributed by atoms with E-state index in [4.69, 9.17) is 5.73 Å². The van der Waals surface area contributed by atoms with Gasteiger partial charge in [-0.1, -0.05) is 0 Å². The average Bonchev–Trinajstić information content (AvgIpc) is 2.84. The Morgan fingerprint density at radius 1 is 1.33 bits per heavy atom. The van der Waals surface area contributed by atoms with Gasteiger partial charge in [-0.05, 0) is 18.6 Å². The molecule has 4 nitrogen and oxygen atoms in total. The normalized spacial score (nSPS) is 10.8. The van der Waals surface area contributed by atoms with Crippen LogP contribution in [0.5, 0.6) is 0 Å². The van der Waals surface area contributed by atoms with Gasteiger partial charge in [0.2, 0.25) is 0 Å². The summed E-state index contributed by atoms with van der Waals surface area (Å²) >= 11 is 0. The van der Waals surface area contributed by atoms with E-state index in [-0.39, 0.29) is 0 Å². The van der Waals surface area contributed by atoms with Gasteiger partial charge in [-0.2, -0.15) is 0 Å². The fourth-order valence-corrected chi connectivity index (χ4v) is 1.61.